The summed E-state index contributed by atoms with van der Waals surface area (Å²) in [7, 11) is 0. The van der Waals surface area contributed by atoms with Crippen LogP contribution >= 0.6 is 23.2 Å². The number of carbonyl (C=O) groups excluding carboxylic acids is 2. The normalized spacial score (nSPS) is 10.3. The average molecular weight is 365 g/mol. The van der Waals surface area contributed by atoms with Crippen molar-refractivity contribution >= 4 is 40.7 Å². The molecule has 126 valence electrons. The van der Waals surface area contributed by atoms with Gasteiger partial charge in [-0.15, -0.1) is 0 Å². The molecule has 2 rings (SSSR count). The lowest BCUT2D eigenvalue weighted by atomic mass is 10.1. The molecule has 0 unspecified atom stereocenters. The third-order valence-corrected chi connectivity index (χ3v) is 4.03. The van der Waals surface area contributed by atoms with Crippen molar-refractivity contribution in [2.45, 2.75) is 13.3 Å². The molecule has 0 spiro atoms. The van der Waals surface area contributed by atoms with Crippen LogP contribution in [-0.4, -0.2) is 24.9 Å². The van der Waals surface area contributed by atoms with E-state index in [-0.39, 0.29) is 18.2 Å². The maximum Gasteiger partial charge on any atom is 0.224 e. The van der Waals surface area contributed by atoms with Crippen molar-refractivity contribution in [3.63, 3.8) is 0 Å². The molecule has 0 aliphatic carbocycles. The van der Waals surface area contributed by atoms with Gasteiger partial charge in [-0.1, -0.05) is 47.5 Å². The molecule has 2 aromatic carbocycles. The fourth-order valence-corrected chi connectivity index (χ4v) is 2.64. The molecule has 0 saturated heterocycles. The van der Waals surface area contributed by atoms with Crippen LogP contribution in [0.25, 0.3) is 0 Å². The fraction of sp³-hybridized carbons (Fsp3) is 0.222. The number of carbonyl (C=O) groups is 2. The predicted molar refractivity (Wildman–Crippen MR) is 97.6 cm³/mol. The predicted octanol–water partition coefficient (Wildman–Crippen LogP) is 3.71. The van der Waals surface area contributed by atoms with Crippen molar-refractivity contribution in [1.29, 1.82) is 0 Å². The number of nitrogens with zero attached hydrogens (tertiary/aromatic N) is 1. The number of para-hydroxylation sites is 1. The van der Waals surface area contributed by atoms with Gasteiger partial charge in [0.05, 0.1) is 17.1 Å². The number of hydrogen-bond acceptors (Lipinski definition) is 2. The van der Waals surface area contributed by atoms with Crippen molar-refractivity contribution < 1.29 is 9.59 Å². The summed E-state index contributed by atoms with van der Waals surface area (Å²) in [6, 6.07) is 14.2. The zero-order chi connectivity index (χ0) is 17.5. The second-order valence-corrected chi connectivity index (χ2v) is 6.12. The molecule has 0 fully saturated rings. The number of nitrogens with one attached hydrogen (secondary N) is 1. The van der Waals surface area contributed by atoms with E-state index in [2.05, 4.69) is 5.32 Å². The van der Waals surface area contributed by atoms with Gasteiger partial charge < -0.3 is 10.2 Å². The molecule has 0 aliphatic heterocycles. The quantitative estimate of drug-likeness (QED) is 0.849. The highest BCUT2D eigenvalue weighted by molar-refractivity contribution is 6.33. The zero-order valence-electron chi connectivity index (χ0n) is 13.3. The van der Waals surface area contributed by atoms with Gasteiger partial charge in [-0.2, -0.15) is 0 Å². The molecular formula is C18H18Cl2N2O2. The largest absolute Gasteiger partial charge is 0.354 e. The topological polar surface area (TPSA) is 49.4 Å². The smallest absolute Gasteiger partial charge is 0.224 e. The molecule has 4 nitrogen and oxygen atoms in total. The van der Waals surface area contributed by atoms with E-state index in [1.807, 2.05) is 18.2 Å². The monoisotopic (exact) mass is 364 g/mol. The van der Waals surface area contributed by atoms with Crippen LogP contribution in [0.15, 0.2) is 48.5 Å². The Labute approximate surface area is 151 Å². The molecule has 2 amide bonds. The van der Waals surface area contributed by atoms with E-state index in [1.54, 1.807) is 35.2 Å². The maximum absolute atomic E-state index is 12.0. The van der Waals surface area contributed by atoms with Gasteiger partial charge in [0.25, 0.3) is 0 Å². The summed E-state index contributed by atoms with van der Waals surface area (Å²) in [5, 5.41) is 3.95. The summed E-state index contributed by atoms with van der Waals surface area (Å²) in [5.41, 5.74) is 1.52. The number of halogens is 2. The average Bonchev–Trinajstić information content (AvgIpc) is 2.54. The first-order valence-electron chi connectivity index (χ1n) is 7.51. The van der Waals surface area contributed by atoms with Gasteiger partial charge in [-0.05, 0) is 29.8 Å². The molecule has 0 atom stereocenters. The molecule has 0 heterocycles. The Morgan fingerprint density at radius 2 is 1.71 bits per heavy atom. The molecule has 0 bridgehead atoms. The molecule has 6 heteroatoms. The first-order chi connectivity index (χ1) is 11.5. The summed E-state index contributed by atoms with van der Waals surface area (Å²) in [4.78, 5) is 25.4. The molecule has 0 aromatic heterocycles. The van der Waals surface area contributed by atoms with E-state index in [0.29, 0.717) is 28.8 Å². The minimum Gasteiger partial charge on any atom is -0.354 e. The number of amides is 2. The van der Waals surface area contributed by atoms with E-state index in [1.165, 1.54) is 6.92 Å². The van der Waals surface area contributed by atoms with Crippen molar-refractivity contribution in [3.05, 3.63) is 64.1 Å². The van der Waals surface area contributed by atoms with Gasteiger partial charge in [0.1, 0.15) is 0 Å². The van der Waals surface area contributed by atoms with Gasteiger partial charge in [0, 0.05) is 25.0 Å². The van der Waals surface area contributed by atoms with Crippen LogP contribution in [-0.2, 0) is 16.0 Å². The summed E-state index contributed by atoms with van der Waals surface area (Å²) in [6.45, 7) is 2.17. The van der Waals surface area contributed by atoms with Crippen LogP contribution in [0.5, 0.6) is 0 Å². The standard InChI is InChI=1S/C18H18Cl2N2O2/c1-13(23)22(17-5-3-2-4-16(17)20)11-10-21-18(24)12-14-6-8-15(19)9-7-14/h2-9H,10-12H2,1H3,(H,21,24). The Hall–Kier alpha value is -2.04. The van der Waals surface area contributed by atoms with E-state index in [0.717, 1.165) is 5.56 Å². The lowest BCUT2D eigenvalue weighted by molar-refractivity contribution is -0.121. The first-order valence-corrected chi connectivity index (χ1v) is 8.26. The molecular weight excluding hydrogens is 347 g/mol. The SMILES string of the molecule is CC(=O)N(CCNC(=O)Cc1ccc(Cl)cc1)c1ccccc1Cl. The summed E-state index contributed by atoms with van der Waals surface area (Å²) in [6.07, 6.45) is 0.267. The Balaban J connectivity index is 1.89. The van der Waals surface area contributed by atoms with Crippen molar-refractivity contribution in [2.24, 2.45) is 0 Å². The Morgan fingerprint density at radius 1 is 1.04 bits per heavy atom. The van der Waals surface area contributed by atoms with E-state index in [9.17, 15) is 9.59 Å². The minimum atomic E-state index is -0.130. The highest BCUT2D eigenvalue weighted by Crippen LogP contribution is 2.24. The van der Waals surface area contributed by atoms with Crippen molar-refractivity contribution in [2.75, 3.05) is 18.0 Å². The lowest BCUT2D eigenvalue weighted by Crippen LogP contribution is -2.38. The van der Waals surface area contributed by atoms with Crippen LogP contribution in [0.1, 0.15) is 12.5 Å². The number of benzene rings is 2. The number of anilines is 1. The van der Waals surface area contributed by atoms with E-state index in [4.69, 9.17) is 23.2 Å². The van der Waals surface area contributed by atoms with Crippen LogP contribution in [0.4, 0.5) is 5.69 Å². The Morgan fingerprint density at radius 3 is 2.33 bits per heavy atom. The second kappa shape index (κ2) is 8.71. The van der Waals surface area contributed by atoms with Crippen molar-refractivity contribution in [3.8, 4) is 0 Å². The van der Waals surface area contributed by atoms with E-state index >= 15 is 0 Å². The van der Waals surface area contributed by atoms with Crippen molar-refractivity contribution in [1.82, 2.24) is 5.32 Å². The van der Waals surface area contributed by atoms with Gasteiger partial charge >= 0.3 is 0 Å². The Bertz CT molecular complexity index is 717. The van der Waals surface area contributed by atoms with Gasteiger partial charge in [-0.3, -0.25) is 9.59 Å². The molecule has 1 N–H and O–H groups in total. The first kappa shape index (κ1) is 18.3. The highest BCUT2D eigenvalue weighted by atomic mass is 35.5. The van der Waals surface area contributed by atoms with Crippen LogP contribution in [0, 0.1) is 0 Å². The van der Waals surface area contributed by atoms with Crippen LogP contribution < -0.4 is 10.2 Å². The van der Waals surface area contributed by atoms with Crippen LogP contribution in [0.3, 0.4) is 0 Å². The molecule has 2 aromatic rings. The molecule has 24 heavy (non-hydrogen) atoms. The third-order valence-electron chi connectivity index (χ3n) is 3.46. The lowest BCUT2D eigenvalue weighted by Gasteiger charge is -2.22. The van der Waals surface area contributed by atoms with Crippen LogP contribution in [0.2, 0.25) is 10.0 Å². The number of hydrogen-bond donors (Lipinski definition) is 1. The van der Waals surface area contributed by atoms with Gasteiger partial charge in [-0.25, -0.2) is 0 Å². The maximum atomic E-state index is 12.0. The Kier molecular flexibility index (Phi) is 6.64. The zero-order valence-corrected chi connectivity index (χ0v) is 14.8. The molecule has 0 saturated carbocycles. The van der Waals surface area contributed by atoms with Gasteiger partial charge in [0.15, 0.2) is 0 Å². The molecule has 0 radical (unpaired) electrons. The van der Waals surface area contributed by atoms with Gasteiger partial charge in [0.2, 0.25) is 11.8 Å². The summed E-state index contributed by atoms with van der Waals surface area (Å²) in [5.74, 6) is -0.241. The highest BCUT2D eigenvalue weighted by Gasteiger charge is 2.14. The third kappa shape index (κ3) is 5.25. The molecule has 0 aliphatic rings. The minimum absolute atomic E-state index is 0.111. The second-order valence-electron chi connectivity index (χ2n) is 5.28. The number of rotatable bonds is 6. The van der Waals surface area contributed by atoms with E-state index < -0.39 is 0 Å². The fourth-order valence-electron chi connectivity index (χ4n) is 2.28. The summed E-state index contributed by atoms with van der Waals surface area (Å²) >= 11 is 12.0. The summed E-state index contributed by atoms with van der Waals surface area (Å²) < 4.78 is 0.